The van der Waals surface area contributed by atoms with Crippen LogP contribution >= 0.6 is 0 Å². The van der Waals surface area contributed by atoms with Crippen LogP contribution in [-0.4, -0.2) is 27.8 Å². The van der Waals surface area contributed by atoms with E-state index in [2.05, 4.69) is 20.5 Å². The van der Waals surface area contributed by atoms with Gasteiger partial charge in [-0.25, -0.2) is 0 Å². The second-order valence-electron chi connectivity index (χ2n) is 3.23. The molecule has 16 heavy (non-hydrogen) atoms. The number of aliphatic imine (C=N–C) groups is 1. The van der Waals surface area contributed by atoms with Gasteiger partial charge < -0.3 is 9.73 Å². The van der Waals surface area contributed by atoms with Gasteiger partial charge in [-0.2, -0.15) is 0 Å². The molecule has 0 aliphatic rings. The van der Waals surface area contributed by atoms with Crippen LogP contribution in [0.3, 0.4) is 0 Å². The molecule has 0 aliphatic heterocycles. The van der Waals surface area contributed by atoms with Crippen molar-refractivity contribution in [2.45, 2.75) is 13.5 Å². The van der Waals surface area contributed by atoms with Crippen LogP contribution in [0, 0.1) is 6.92 Å². The average molecular weight is 219 g/mol. The molecule has 0 aromatic carbocycles. The zero-order valence-corrected chi connectivity index (χ0v) is 9.21. The molecule has 0 spiro atoms. The van der Waals surface area contributed by atoms with E-state index in [4.69, 9.17) is 4.42 Å². The summed E-state index contributed by atoms with van der Waals surface area (Å²) >= 11 is 0. The molecule has 2 aromatic heterocycles. The van der Waals surface area contributed by atoms with Crippen LogP contribution in [0.15, 0.2) is 34.1 Å². The Morgan fingerprint density at radius 1 is 1.62 bits per heavy atom. The van der Waals surface area contributed by atoms with E-state index in [1.165, 1.54) is 0 Å². The molecule has 0 amide bonds. The largest absolute Gasteiger partial charge is 0.467 e. The Kier molecular flexibility index (Phi) is 3.00. The number of nitrogens with one attached hydrogen (secondary N) is 1. The van der Waals surface area contributed by atoms with E-state index >= 15 is 0 Å². The van der Waals surface area contributed by atoms with Crippen molar-refractivity contribution < 1.29 is 4.42 Å². The van der Waals surface area contributed by atoms with Crippen molar-refractivity contribution in [1.82, 2.24) is 20.1 Å². The zero-order chi connectivity index (χ0) is 11.4. The van der Waals surface area contributed by atoms with Gasteiger partial charge in [-0.1, -0.05) is 0 Å². The lowest BCUT2D eigenvalue weighted by Gasteiger charge is -2.08. The molecule has 0 saturated heterocycles. The molecule has 84 valence electrons. The number of hydrogen-bond acceptors (Lipinski definition) is 4. The highest BCUT2D eigenvalue weighted by molar-refractivity contribution is 5.82. The first-order valence-corrected chi connectivity index (χ1v) is 4.91. The van der Waals surface area contributed by atoms with Crippen molar-refractivity contribution in [3.63, 3.8) is 0 Å². The molecule has 6 nitrogen and oxygen atoms in total. The summed E-state index contributed by atoms with van der Waals surface area (Å²) in [7, 11) is 1.71. The predicted octanol–water partition coefficient (Wildman–Crippen LogP) is 0.803. The molecule has 0 fully saturated rings. The van der Waals surface area contributed by atoms with Gasteiger partial charge >= 0.3 is 0 Å². The van der Waals surface area contributed by atoms with Crippen molar-refractivity contribution in [1.29, 1.82) is 0 Å². The van der Waals surface area contributed by atoms with Gasteiger partial charge in [0.05, 0.1) is 12.8 Å². The fraction of sp³-hybridized carbons (Fsp3) is 0.300. The molecular formula is C10H13N5O. The van der Waals surface area contributed by atoms with E-state index < -0.39 is 0 Å². The Hall–Kier alpha value is -2.11. The topological polar surface area (TPSA) is 68.2 Å². The highest BCUT2D eigenvalue weighted by atomic mass is 16.3. The van der Waals surface area contributed by atoms with Crippen molar-refractivity contribution >= 4 is 5.96 Å². The lowest BCUT2D eigenvalue weighted by atomic mass is 10.4. The van der Waals surface area contributed by atoms with Crippen LogP contribution in [0.25, 0.3) is 0 Å². The van der Waals surface area contributed by atoms with E-state index in [1.807, 2.05) is 19.1 Å². The zero-order valence-electron chi connectivity index (χ0n) is 9.21. The van der Waals surface area contributed by atoms with Gasteiger partial charge in [0.15, 0.2) is 0 Å². The third kappa shape index (κ3) is 2.10. The number of aromatic nitrogens is 3. The Bertz CT molecular complexity index is 471. The minimum atomic E-state index is 0.581. The van der Waals surface area contributed by atoms with Crippen LogP contribution < -0.4 is 5.32 Å². The van der Waals surface area contributed by atoms with E-state index in [1.54, 1.807) is 24.2 Å². The maximum absolute atomic E-state index is 5.22. The smallest absolute Gasteiger partial charge is 0.205 e. The standard InChI is InChI=1S/C10H13N5O/c1-8-14-13-7-15(8)10(11-2)12-6-9-4-3-5-16-9/h3-5,7H,6H2,1-2H3,(H,11,12). The average Bonchev–Trinajstić information content (AvgIpc) is 2.92. The molecule has 0 unspecified atom stereocenters. The molecule has 2 rings (SSSR count). The van der Waals surface area contributed by atoms with E-state index in [9.17, 15) is 0 Å². The maximum Gasteiger partial charge on any atom is 0.205 e. The highest BCUT2D eigenvalue weighted by Crippen LogP contribution is 1.99. The molecule has 6 heteroatoms. The van der Waals surface area contributed by atoms with Crippen LogP contribution in [0.1, 0.15) is 11.6 Å². The van der Waals surface area contributed by atoms with E-state index in [-0.39, 0.29) is 0 Å². The Morgan fingerprint density at radius 3 is 3.06 bits per heavy atom. The van der Waals surface area contributed by atoms with Crippen LogP contribution in [0.2, 0.25) is 0 Å². The SMILES string of the molecule is C/N=C(/NCc1ccco1)n1cnnc1C. The minimum Gasteiger partial charge on any atom is -0.467 e. The molecule has 0 bridgehead atoms. The maximum atomic E-state index is 5.22. The predicted molar refractivity (Wildman–Crippen MR) is 59.1 cm³/mol. The van der Waals surface area contributed by atoms with Crippen LogP contribution in [0.5, 0.6) is 0 Å². The molecular weight excluding hydrogens is 206 g/mol. The van der Waals surface area contributed by atoms with Gasteiger partial charge in [0.25, 0.3) is 0 Å². The van der Waals surface area contributed by atoms with Crippen molar-refractivity contribution in [2.75, 3.05) is 7.05 Å². The van der Waals surface area contributed by atoms with E-state index in [0.717, 1.165) is 11.6 Å². The van der Waals surface area contributed by atoms with Crippen LogP contribution in [0.4, 0.5) is 0 Å². The van der Waals surface area contributed by atoms with Gasteiger partial charge in [-0.3, -0.25) is 9.56 Å². The molecule has 1 N–H and O–H groups in total. The fourth-order valence-corrected chi connectivity index (χ4v) is 1.35. The summed E-state index contributed by atoms with van der Waals surface area (Å²) in [6.45, 7) is 2.45. The summed E-state index contributed by atoms with van der Waals surface area (Å²) in [6.07, 6.45) is 3.26. The highest BCUT2D eigenvalue weighted by Gasteiger charge is 2.05. The van der Waals surface area contributed by atoms with Gasteiger partial charge in [-0.05, 0) is 19.1 Å². The van der Waals surface area contributed by atoms with Gasteiger partial charge in [0.1, 0.15) is 17.9 Å². The van der Waals surface area contributed by atoms with Crippen molar-refractivity contribution in [3.05, 3.63) is 36.3 Å². The van der Waals surface area contributed by atoms with E-state index in [0.29, 0.717) is 12.5 Å². The molecule has 0 saturated carbocycles. The number of nitrogens with zero attached hydrogens (tertiary/aromatic N) is 4. The lowest BCUT2D eigenvalue weighted by Crippen LogP contribution is -2.30. The molecule has 0 radical (unpaired) electrons. The summed E-state index contributed by atoms with van der Waals surface area (Å²) < 4.78 is 7.00. The van der Waals surface area contributed by atoms with Crippen molar-refractivity contribution in [2.24, 2.45) is 4.99 Å². The molecule has 2 aromatic rings. The second kappa shape index (κ2) is 4.61. The first-order valence-electron chi connectivity index (χ1n) is 4.91. The minimum absolute atomic E-state index is 0.581. The second-order valence-corrected chi connectivity index (χ2v) is 3.23. The number of aryl methyl sites for hydroxylation is 1. The Labute approximate surface area is 93.0 Å². The summed E-state index contributed by atoms with van der Waals surface area (Å²) in [5.74, 6) is 2.33. The van der Waals surface area contributed by atoms with Gasteiger partial charge in [0, 0.05) is 7.05 Å². The fourth-order valence-electron chi connectivity index (χ4n) is 1.35. The monoisotopic (exact) mass is 219 g/mol. The number of hydrogen-bond donors (Lipinski definition) is 1. The summed E-state index contributed by atoms with van der Waals surface area (Å²) in [5, 5.41) is 10.9. The van der Waals surface area contributed by atoms with Crippen molar-refractivity contribution in [3.8, 4) is 0 Å². The normalized spacial score (nSPS) is 11.8. The Morgan fingerprint density at radius 2 is 2.50 bits per heavy atom. The van der Waals surface area contributed by atoms with Gasteiger partial charge in [-0.15, -0.1) is 10.2 Å². The summed E-state index contributed by atoms with van der Waals surface area (Å²) in [5.41, 5.74) is 0. The number of rotatable bonds is 2. The van der Waals surface area contributed by atoms with Crippen LogP contribution in [-0.2, 0) is 6.54 Å². The molecule has 2 heterocycles. The third-order valence-corrected chi connectivity index (χ3v) is 2.16. The first-order chi connectivity index (χ1) is 7.81. The van der Waals surface area contributed by atoms with Gasteiger partial charge in [0.2, 0.25) is 5.96 Å². The lowest BCUT2D eigenvalue weighted by molar-refractivity contribution is 0.502. The quantitative estimate of drug-likeness (QED) is 0.599. The number of furan rings is 1. The Balaban J connectivity index is 2.05. The molecule has 0 atom stereocenters. The third-order valence-electron chi connectivity index (χ3n) is 2.16. The summed E-state index contributed by atoms with van der Waals surface area (Å²) in [4.78, 5) is 4.14. The first kappa shape index (κ1) is 10.4. The summed E-state index contributed by atoms with van der Waals surface area (Å²) in [6, 6.07) is 3.75. The molecule has 0 aliphatic carbocycles.